The first-order valence-corrected chi connectivity index (χ1v) is 8.26. The van der Waals surface area contributed by atoms with Crippen LogP contribution in [0, 0.1) is 0 Å². The lowest BCUT2D eigenvalue weighted by molar-refractivity contribution is 0.931. The van der Waals surface area contributed by atoms with Gasteiger partial charge in [-0.3, -0.25) is 0 Å². The van der Waals surface area contributed by atoms with Gasteiger partial charge in [-0.25, -0.2) is 9.50 Å². The predicted molar refractivity (Wildman–Crippen MR) is 102 cm³/mol. The van der Waals surface area contributed by atoms with Gasteiger partial charge in [-0.15, -0.1) is 5.10 Å². The van der Waals surface area contributed by atoms with E-state index in [-0.39, 0.29) is 0 Å². The van der Waals surface area contributed by atoms with Crippen LogP contribution < -0.4 is 11.1 Å². The molecule has 6 heteroatoms. The molecule has 124 valence electrons. The second-order valence-corrected chi connectivity index (χ2v) is 6.17. The van der Waals surface area contributed by atoms with Crippen LogP contribution in [0.1, 0.15) is 5.56 Å². The molecule has 0 unspecified atom stereocenters. The van der Waals surface area contributed by atoms with Crippen molar-refractivity contribution >= 4 is 28.8 Å². The molecule has 2 heterocycles. The average molecular weight is 350 g/mol. The third-order valence-corrected chi connectivity index (χ3v) is 4.17. The van der Waals surface area contributed by atoms with Crippen molar-refractivity contribution in [3.63, 3.8) is 0 Å². The Morgan fingerprint density at radius 1 is 1.04 bits per heavy atom. The number of nitrogens with one attached hydrogen (secondary N) is 1. The topological polar surface area (TPSA) is 68.2 Å². The standard InChI is InChI=1S/C19H16ClN5/c20-15-3-1-2-13(10-15)11-22-18-8-9-19-23-12-17(25(19)24-18)14-4-6-16(21)7-5-14/h1-10,12H,11,21H2,(H,22,24). The molecule has 0 spiro atoms. The highest BCUT2D eigenvalue weighted by atomic mass is 35.5. The zero-order valence-corrected chi connectivity index (χ0v) is 14.1. The fourth-order valence-corrected chi connectivity index (χ4v) is 2.87. The maximum Gasteiger partial charge on any atom is 0.154 e. The SMILES string of the molecule is Nc1ccc(-c2cnc3ccc(NCc4cccc(Cl)c4)nn23)cc1. The Morgan fingerprint density at radius 3 is 2.68 bits per heavy atom. The molecule has 5 nitrogen and oxygen atoms in total. The molecule has 4 aromatic rings. The number of halogens is 1. The molecule has 2 aromatic heterocycles. The Hall–Kier alpha value is -3.05. The van der Waals surface area contributed by atoms with Crippen LogP contribution in [-0.2, 0) is 6.54 Å². The second kappa shape index (κ2) is 6.45. The van der Waals surface area contributed by atoms with Gasteiger partial charge in [-0.1, -0.05) is 35.9 Å². The summed E-state index contributed by atoms with van der Waals surface area (Å²) in [4.78, 5) is 4.41. The molecule has 0 bridgehead atoms. The Morgan fingerprint density at radius 2 is 1.88 bits per heavy atom. The zero-order chi connectivity index (χ0) is 17.2. The summed E-state index contributed by atoms with van der Waals surface area (Å²) in [6.45, 7) is 0.644. The molecule has 0 atom stereocenters. The molecular weight excluding hydrogens is 334 g/mol. The van der Waals surface area contributed by atoms with Gasteiger partial charge in [0, 0.05) is 22.8 Å². The molecule has 0 aliphatic carbocycles. The highest BCUT2D eigenvalue weighted by Crippen LogP contribution is 2.22. The number of benzene rings is 2. The molecule has 0 saturated heterocycles. The molecule has 0 radical (unpaired) electrons. The van der Waals surface area contributed by atoms with E-state index in [1.54, 1.807) is 0 Å². The van der Waals surface area contributed by atoms with Crippen LogP contribution in [0.3, 0.4) is 0 Å². The number of imidazole rings is 1. The van der Waals surface area contributed by atoms with E-state index >= 15 is 0 Å². The van der Waals surface area contributed by atoms with Gasteiger partial charge in [-0.05, 0) is 42.0 Å². The summed E-state index contributed by atoms with van der Waals surface area (Å²) in [6, 6.07) is 19.3. The minimum atomic E-state index is 0.644. The van der Waals surface area contributed by atoms with Gasteiger partial charge in [0.2, 0.25) is 0 Å². The molecule has 25 heavy (non-hydrogen) atoms. The van der Waals surface area contributed by atoms with Crippen molar-refractivity contribution in [3.8, 4) is 11.3 Å². The third-order valence-electron chi connectivity index (χ3n) is 3.93. The number of rotatable bonds is 4. The predicted octanol–water partition coefficient (Wildman–Crippen LogP) is 4.24. The van der Waals surface area contributed by atoms with Gasteiger partial charge in [0.15, 0.2) is 5.65 Å². The Labute approximate surface area is 150 Å². The number of anilines is 2. The highest BCUT2D eigenvalue weighted by molar-refractivity contribution is 6.30. The number of hydrogen-bond acceptors (Lipinski definition) is 4. The number of nitrogens with zero attached hydrogens (tertiary/aromatic N) is 3. The van der Waals surface area contributed by atoms with Crippen molar-refractivity contribution in [2.75, 3.05) is 11.1 Å². The van der Waals surface area contributed by atoms with E-state index in [0.29, 0.717) is 6.54 Å². The molecule has 0 amide bonds. The molecule has 0 saturated carbocycles. The van der Waals surface area contributed by atoms with E-state index in [4.69, 9.17) is 17.3 Å². The first-order chi connectivity index (χ1) is 12.2. The summed E-state index contributed by atoms with van der Waals surface area (Å²) in [6.07, 6.45) is 1.81. The van der Waals surface area contributed by atoms with Crippen molar-refractivity contribution in [3.05, 3.63) is 77.4 Å². The molecule has 3 N–H and O–H groups in total. The molecule has 4 rings (SSSR count). The van der Waals surface area contributed by atoms with E-state index in [1.165, 1.54) is 0 Å². The van der Waals surface area contributed by atoms with Crippen LogP contribution in [0.15, 0.2) is 66.9 Å². The maximum atomic E-state index is 6.03. The summed E-state index contributed by atoms with van der Waals surface area (Å²) in [5, 5.41) is 8.69. The number of fused-ring (bicyclic) bond motifs is 1. The Bertz CT molecular complexity index is 1020. The second-order valence-electron chi connectivity index (χ2n) is 5.74. The van der Waals surface area contributed by atoms with Crippen LogP contribution in [0.2, 0.25) is 5.02 Å². The van der Waals surface area contributed by atoms with Gasteiger partial charge in [0.05, 0.1) is 11.9 Å². The van der Waals surface area contributed by atoms with Gasteiger partial charge < -0.3 is 11.1 Å². The number of hydrogen-bond donors (Lipinski definition) is 2. The number of aromatic nitrogens is 3. The number of nitrogen functional groups attached to an aromatic ring is 1. The first kappa shape index (κ1) is 15.5. The summed E-state index contributed by atoms with van der Waals surface area (Å²) >= 11 is 6.03. The van der Waals surface area contributed by atoms with Crippen molar-refractivity contribution in [1.29, 1.82) is 0 Å². The van der Waals surface area contributed by atoms with E-state index in [0.717, 1.165) is 39.0 Å². The van der Waals surface area contributed by atoms with Gasteiger partial charge >= 0.3 is 0 Å². The third kappa shape index (κ3) is 3.27. The normalized spacial score (nSPS) is 10.9. The lowest BCUT2D eigenvalue weighted by Gasteiger charge is -2.08. The van der Waals surface area contributed by atoms with Crippen molar-refractivity contribution in [2.45, 2.75) is 6.54 Å². The molecule has 2 aromatic carbocycles. The first-order valence-electron chi connectivity index (χ1n) is 7.88. The summed E-state index contributed by atoms with van der Waals surface area (Å²) < 4.78 is 1.83. The van der Waals surface area contributed by atoms with E-state index < -0.39 is 0 Å². The zero-order valence-electron chi connectivity index (χ0n) is 13.4. The Kier molecular flexibility index (Phi) is 3.99. The van der Waals surface area contributed by atoms with E-state index in [1.807, 2.05) is 71.4 Å². The quantitative estimate of drug-likeness (QED) is 0.540. The Balaban J connectivity index is 1.63. The smallest absolute Gasteiger partial charge is 0.154 e. The van der Waals surface area contributed by atoms with E-state index in [2.05, 4.69) is 15.4 Å². The number of nitrogens with two attached hydrogens (primary N) is 1. The summed E-state index contributed by atoms with van der Waals surface area (Å²) in [5.41, 5.74) is 10.3. The highest BCUT2D eigenvalue weighted by Gasteiger charge is 2.08. The lowest BCUT2D eigenvalue weighted by Crippen LogP contribution is -2.04. The summed E-state index contributed by atoms with van der Waals surface area (Å²) in [5.74, 6) is 0.766. The fourth-order valence-electron chi connectivity index (χ4n) is 2.66. The fraction of sp³-hybridized carbons (Fsp3) is 0.0526. The van der Waals surface area contributed by atoms with Crippen molar-refractivity contribution in [1.82, 2.24) is 14.6 Å². The van der Waals surface area contributed by atoms with Crippen molar-refractivity contribution < 1.29 is 0 Å². The minimum absolute atomic E-state index is 0.644. The van der Waals surface area contributed by atoms with Crippen LogP contribution >= 0.6 is 11.6 Å². The van der Waals surface area contributed by atoms with Gasteiger partial charge in [0.1, 0.15) is 5.82 Å². The van der Waals surface area contributed by atoms with Crippen LogP contribution in [0.5, 0.6) is 0 Å². The van der Waals surface area contributed by atoms with E-state index in [9.17, 15) is 0 Å². The molecule has 0 aliphatic heterocycles. The van der Waals surface area contributed by atoms with Crippen molar-refractivity contribution in [2.24, 2.45) is 0 Å². The molecule has 0 fully saturated rings. The maximum absolute atomic E-state index is 6.03. The largest absolute Gasteiger partial charge is 0.399 e. The monoisotopic (exact) mass is 349 g/mol. The van der Waals surface area contributed by atoms with Crippen LogP contribution in [0.25, 0.3) is 16.9 Å². The molecular formula is C19H16ClN5. The lowest BCUT2D eigenvalue weighted by atomic mass is 10.1. The van der Waals surface area contributed by atoms with Crippen LogP contribution in [-0.4, -0.2) is 14.6 Å². The summed E-state index contributed by atoms with van der Waals surface area (Å²) in [7, 11) is 0. The van der Waals surface area contributed by atoms with Crippen LogP contribution in [0.4, 0.5) is 11.5 Å². The van der Waals surface area contributed by atoms with Gasteiger partial charge in [-0.2, -0.15) is 0 Å². The minimum Gasteiger partial charge on any atom is -0.399 e. The van der Waals surface area contributed by atoms with Gasteiger partial charge in [0.25, 0.3) is 0 Å². The molecule has 0 aliphatic rings. The average Bonchev–Trinajstić information content (AvgIpc) is 3.04.